The minimum absolute atomic E-state index is 0.156. The van der Waals surface area contributed by atoms with E-state index in [1.165, 1.54) is 32.4 Å². The number of nitrogens with zero attached hydrogens (tertiary/aromatic N) is 1. The molecule has 0 aromatic heterocycles. The molecule has 1 atom stereocenters. The maximum Gasteiger partial charge on any atom is 0.0894 e. The Morgan fingerprint density at radius 2 is 1.93 bits per heavy atom. The monoisotopic (exact) mass is 202 g/mol. The summed E-state index contributed by atoms with van der Waals surface area (Å²) < 4.78 is 0. The Hall–Kier alpha value is -0.160. The molecule has 1 aliphatic rings. The van der Waals surface area contributed by atoms with Crippen molar-refractivity contribution in [1.29, 1.82) is 0 Å². The lowest BCUT2D eigenvalue weighted by Gasteiger charge is -2.26. The van der Waals surface area contributed by atoms with Crippen LogP contribution in [0.15, 0.2) is 0 Å². The van der Waals surface area contributed by atoms with Gasteiger partial charge >= 0.3 is 0 Å². The molecule has 0 bridgehead atoms. The van der Waals surface area contributed by atoms with Crippen LogP contribution in [0, 0.1) is 0 Å². The third-order valence-corrected chi connectivity index (χ3v) is 2.64. The minimum Gasteiger partial charge on any atom is -0.394 e. The van der Waals surface area contributed by atoms with E-state index in [4.69, 9.17) is 10.2 Å². The van der Waals surface area contributed by atoms with E-state index in [0.29, 0.717) is 6.54 Å². The number of hydrogen-bond donors (Lipinski definition) is 3. The van der Waals surface area contributed by atoms with Crippen LogP contribution in [0.5, 0.6) is 0 Å². The average molecular weight is 202 g/mol. The zero-order chi connectivity index (χ0) is 10.2. The third kappa shape index (κ3) is 4.91. The predicted octanol–water partition coefficient (Wildman–Crippen LogP) is -0.585. The summed E-state index contributed by atoms with van der Waals surface area (Å²) in [5.41, 5.74) is 0. The van der Waals surface area contributed by atoms with Crippen molar-refractivity contribution in [3.05, 3.63) is 0 Å². The molecule has 3 N–H and O–H groups in total. The quantitative estimate of drug-likeness (QED) is 0.504. The third-order valence-electron chi connectivity index (χ3n) is 2.64. The highest BCUT2D eigenvalue weighted by Gasteiger charge is 2.09. The SMILES string of the molecule is OCC(O)CNCCN1CCCCC1. The molecule has 0 amide bonds. The predicted molar refractivity (Wildman–Crippen MR) is 56.3 cm³/mol. The molecule has 0 radical (unpaired) electrons. The first-order chi connectivity index (χ1) is 6.83. The van der Waals surface area contributed by atoms with Gasteiger partial charge in [-0.05, 0) is 25.9 Å². The number of rotatable bonds is 6. The lowest BCUT2D eigenvalue weighted by Crippen LogP contribution is -2.38. The van der Waals surface area contributed by atoms with Crippen LogP contribution in [-0.4, -0.2) is 60.5 Å². The summed E-state index contributed by atoms with van der Waals surface area (Å²) in [6, 6.07) is 0. The van der Waals surface area contributed by atoms with E-state index >= 15 is 0 Å². The van der Waals surface area contributed by atoms with E-state index in [1.807, 2.05) is 0 Å². The van der Waals surface area contributed by atoms with Crippen molar-refractivity contribution < 1.29 is 10.2 Å². The fourth-order valence-corrected chi connectivity index (χ4v) is 1.75. The van der Waals surface area contributed by atoms with Gasteiger partial charge in [0.15, 0.2) is 0 Å². The summed E-state index contributed by atoms with van der Waals surface area (Å²) in [5, 5.41) is 20.8. The Balaban J connectivity index is 1.92. The van der Waals surface area contributed by atoms with E-state index in [0.717, 1.165) is 13.1 Å². The van der Waals surface area contributed by atoms with Gasteiger partial charge in [0.05, 0.1) is 12.7 Å². The van der Waals surface area contributed by atoms with E-state index in [1.54, 1.807) is 0 Å². The topological polar surface area (TPSA) is 55.7 Å². The second kappa shape index (κ2) is 7.17. The number of aliphatic hydroxyl groups excluding tert-OH is 2. The van der Waals surface area contributed by atoms with Crippen molar-refractivity contribution in [1.82, 2.24) is 10.2 Å². The van der Waals surface area contributed by atoms with E-state index in [-0.39, 0.29) is 6.61 Å². The second-order valence-electron chi connectivity index (χ2n) is 3.94. The standard InChI is InChI=1S/C10H22N2O2/c13-9-10(14)8-11-4-7-12-5-2-1-3-6-12/h10-11,13-14H,1-9H2. The summed E-state index contributed by atoms with van der Waals surface area (Å²) in [6.07, 6.45) is 3.39. The highest BCUT2D eigenvalue weighted by Crippen LogP contribution is 2.07. The van der Waals surface area contributed by atoms with Gasteiger partial charge in [0, 0.05) is 19.6 Å². The number of aliphatic hydroxyl groups is 2. The zero-order valence-corrected chi connectivity index (χ0v) is 8.78. The fraction of sp³-hybridized carbons (Fsp3) is 1.00. The molecule has 4 nitrogen and oxygen atoms in total. The smallest absolute Gasteiger partial charge is 0.0894 e. The summed E-state index contributed by atoms with van der Waals surface area (Å²) in [6.45, 7) is 4.71. The molecule has 0 spiro atoms. The van der Waals surface area contributed by atoms with Gasteiger partial charge in [-0.2, -0.15) is 0 Å². The van der Waals surface area contributed by atoms with E-state index in [2.05, 4.69) is 10.2 Å². The van der Waals surface area contributed by atoms with Gasteiger partial charge in [0.1, 0.15) is 0 Å². The van der Waals surface area contributed by atoms with Crippen LogP contribution >= 0.6 is 0 Å². The first-order valence-corrected chi connectivity index (χ1v) is 5.55. The van der Waals surface area contributed by atoms with Crippen LogP contribution in [0.3, 0.4) is 0 Å². The van der Waals surface area contributed by atoms with Crippen LogP contribution in [-0.2, 0) is 0 Å². The molecule has 1 heterocycles. The number of piperidine rings is 1. The summed E-state index contributed by atoms with van der Waals surface area (Å²) in [4.78, 5) is 2.45. The van der Waals surface area contributed by atoms with E-state index in [9.17, 15) is 0 Å². The molecule has 1 unspecified atom stereocenters. The van der Waals surface area contributed by atoms with Gasteiger partial charge in [-0.15, -0.1) is 0 Å². The summed E-state index contributed by atoms with van der Waals surface area (Å²) in [5.74, 6) is 0. The van der Waals surface area contributed by atoms with Crippen LogP contribution in [0.1, 0.15) is 19.3 Å². The Morgan fingerprint density at radius 3 is 2.57 bits per heavy atom. The average Bonchev–Trinajstić information content (AvgIpc) is 2.25. The molecule has 1 rings (SSSR count). The maximum absolute atomic E-state index is 9.07. The number of nitrogens with one attached hydrogen (secondary N) is 1. The van der Waals surface area contributed by atoms with Gasteiger partial charge in [0.2, 0.25) is 0 Å². The van der Waals surface area contributed by atoms with Crippen molar-refractivity contribution in [3.63, 3.8) is 0 Å². The van der Waals surface area contributed by atoms with Gasteiger partial charge < -0.3 is 20.4 Å². The lowest BCUT2D eigenvalue weighted by atomic mass is 10.1. The molecule has 1 fully saturated rings. The highest BCUT2D eigenvalue weighted by atomic mass is 16.3. The van der Waals surface area contributed by atoms with Crippen LogP contribution in [0.4, 0.5) is 0 Å². The van der Waals surface area contributed by atoms with Crippen molar-refractivity contribution in [3.8, 4) is 0 Å². The van der Waals surface area contributed by atoms with Crippen LogP contribution in [0.2, 0.25) is 0 Å². The summed E-state index contributed by atoms with van der Waals surface area (Å²) >= 11 is 0. The van der Waals surface area contributed by atoms with Gasteiger partial charge in [-0.25, -0.2) is 0 Å². The van der Waals surface area contributed by atoms with Crippen molar-refractivity contribution >= 4 is 0 Å². The molecule has 1 aliphatic heterocycles. The molecule has 84 valence electrons. The fourth-order valence-electron chi connectivity index (χ4n) is 1.75. The minimum atomic E-state index is -0.614. The van der Waals surface area contributed by atoms with Gasteiger partial charge in [0.25, 0.3) is 0 Å². The molecule has 4 heteroatoms. The van der Waals surface area contributed by atoms with E-state index < -0.39 is 6.10 Å². The van der Waals surface area contributed by atoms with Crippen molar-refractivity contribution in [2.24, 2.45) is 0 Å². The number of hydrogen-bond acceptors (Lipinski definition) is 4. The molecular weight excluding hydrogens is 180 g/mol. The number of likely N-dealkylation sites (tertiary alicyclic amines) is 1. The zero-order valence-electron chi connectivity index (χ0n) is 8.78. The molecule has 0 aromatic rings. The molecule has 0 aromatic carbocycles. The first-order valence-electron chi connectivity index (χ1n) is 5.55. The molecule has 0 aliphatic carbocycles. The van der Waals surface area contributed by atoms with Crippen molar-refractivity contribution in [2.45, 2.75) is 25.4 Å². The highest BCUT2D eigenvalue weighted by molar-refractivity contribution is 4.66. The van der Waals surface area contributed by atoms with Crippen molar-refractivity contribution in [2.75, 3.05) is 39.3 Å². The lowest BCUT2D eigenvalue weighted by molar-refractivity contribution is 0.0935. The Labute approximate surface area is 85.9 Å². The molecular formula is C10H22N2O2. The first kappa shape index (κ1) is 11.9. The van der Waals surface area contributed by atoms with Gasteiger partial charge in [-0.3, -0.25) is 0 Å². The van der Waals surface area contributed by atoms with Crippen LogP contribution in [0.25, 0.3) is 0 Å². The Kier molecular flexibility index (Phi) is 6.10. The molecule has 14 heavy (non-hydrogen) atoms. The van der Waals surface area contributed by atoms with Crippen LogP contribution < -0.4 is 5.32 Å². The molecule has 1 saturated heterocycles. The molecule has 0 saturated carbocycles. The maximum atomic E-state index is 9.07. The second-order valence-corrected chi connectivity index (χ2v) is 3.94. The Morgan fingerprint density at radius 1 is 1.21 bits per heavy atom. The summed E-state index contributed by atoms with van der Waals surface area (Å²) in [7, 11) is 0. The largest absolute Gasteiger partial charge is 0.394 e. The Bertz CT molecular complexity index is 138. The van der Waals surface area contributed by atoms with Gasteiger partial charge in [-0.1, -0.05) is 6.42 Å². The normalized spacial score (nSPS) is 21.0.